The average Bonchev–Trinajstić information content (AvgIpc) is 2.96. The predicted molar refractivity (Wildman–Crippen MR) is 147 cm³/mol. The number of benzene rings is 1. The Morgan fingerprint density at radius 1 is 0.950 bits per heavy atom. The summed E-state index contributed by atoms with van der Waals surface area (Å²) < 4.78 is 5.75. The van der Waals surface area contributed by atoms with E-state index in [0.29, 0.717) is 17.3 Å². The van der Waals surface area contributed by atoms with E-state index < -0.39 is 30.4 Å². The van der Waals surface area contributed by atoms with Crippen molar-refractivity contribution in [3.8, 4) is 17.3 Å². The van der Waals surface area contributed by atoms with Crippen molar-refractivity contribution < 1.29 is 29.3 Å². The molecule has 0 spiro atoms. The van der Waals surface area contributed by atoms with E-state index in [1.165, 1.54) is 4.90 Å². The number of nitrogens with two attached hydrogens (primary N) is 1. The second-order valence-electron chi connectivity index (χ2n) is 8.97. The first-order valence-corrected chi connectivity index (χ1v) is 12.7. The summed E-state index contributed by atoms with van der Waals surface area (Å²) in [6.45, 7) is -1.17. The van der Waals surface area contributed by atoms with Crippen LogP contribution in [0.5, 0.6) is 5.88 Å². The van der Waals surface area contributed by atoms with Crippen LogP contribution in [-0.2, 0) is 20.9 Å². The van der Waals surface area contributed by atoms with Gasteiger partial charge in [0.1, 0.15) is 6.61 Å². The third-order valence-corrected chi connectivity index (χ3v) is 5.71. The van der Waals surface area contributed by atoms with Crippen molar-refractivity contribution >= 4 is 17.7 Å². The number of aliphatic hydroxyl groups is 2. The Kier molecular flexibility index (Phi) is 12.0. The highest BCUT2D eigenvalue weighted by Gasteiger charge is 2.23. The third-order valence-electron chi connectivity index (χ3n) is 5.71. The van der Waals surface area contributed by atoms with Crippen LogP contribution in [-0.4, -0.2) is 99.7 Å². The molecule has 12 nitrogen and oxygen atoms in total. The van der Waals surface area contributed by atoms with Crippen LogP contribution in [0.2, 0.25) is 0 Å². The number of aromatic nitrogens is 2. The van der Waals surface area contributed by atoms with E-state index in [1.807, 2.05) is 42.5 Å². The molecule has 12 heteroatoms. The van der Waals surface area contributed by atoms with Crippen molar-refractivity contribution in [2.24, 2.45) is 5.73 Å². The Bertz CT molecular complexity index is 1230. The van der Waals surface area contributed by atoms with E-state index >= 15 is 0 Å². The molecule has 3 amide bonds. The van der Waals surface area contributed by atoms with Crippen LogP contribution in [0.1, 0.15) is 5.56 Å². The Morgan fingerprint density at radius 3 is 2.40 bits per heavy atom. The van der Waals surface area contributed by atoms with Crippen molar-refractivity contribution in [3.63, 3.8) is 0 Å². The summed E-state index contributed by atoms with van der Waals surface area (Å²) in [6.07, 6.45) is 0.426. The van der Waals surface area contributed by atoms with Crippen LogP contribution in [0.25, 0.3) is 11.4 Å². The molecule has 2 aromatic heterocycles. The van der Waals surface area contributed by atoms with E-state index in [2.05, 4.69) is 15.3 Å². The van der Waals surface area contributed by atoms with Gasteiger partial charge in [0.25, 0.3) is 0 Å². The molecule has 3 rings (SSSR count). The highest BCUT2D eigenvalue weighted by Crippen LogP contribution is 2.17. The fourth-order valence-electron chi connectivity index (χ4n) is 3.75. The summed E-state index contributed by atoms with van der Waals surface area (Å²) >= 11 is 0. The average molecular weight is 551 g/mol. The molecule has 0 aliphatic carbocycles. The second-order valence-corrected chi connectivity index (χ2v) is 8.97. The molecule has 40 heavy (non-hydrogen) atoms. The first-order chi connectivity index (χ1) is 19.3. The van der Waals surface area contributed by atoms with E-state index in [0.717, 1.165) is 10.5 Å². The van der Waals surface area contributed by atoms with E-state index in [1.54, 1.807) is 30.5 Å². The van der Waals surface area contributed by atoms with Gasteiger partial charge in [0.2, 0.25) is 23.6 Å². The molecule has 0 radical (unpaired) electrons. The number of hydrogen-bond donors (Lipinski definition) is 4. The van der Waals surface area contributed by atoms with Crippen molar-refractivity contribution in [3.05, 3.63) is 78.5 Å². The van der Waals surface area contributed by atoms with E-state index in [4.69, 9.17) is 10.5 Å². The molecule has 1 atom stereocenters. The summed E-state index contributed by atoms with van der Waals surface area (Å²) in [5.41, 5.74) is 7.59. The number of pyridine rings is 2. The van der Waals surface area contributed by atoms with Gasteiger partial charge in [-0.25, -0.2) is 4.98 Å². The summed E-state index contributed by atoms with van der Waals surface area (Å²) in [5, 5.41) is 22.0. The maximum atomic E-state index is 13.1. The number of nitrogens with zero attached hydrogens (tertiary/aromatic N) is 4. The first-order valence-electron chi connectivity index (χ1n) is 12.7. The van der Waals surface area contributed by atoms with Gasteiger partial charge in [0.15, 0.2) is 0 Å². The molecule has 0 aliphatic heterocycles. The molecule has 3 aromatic rings. The monoisotopic (exact) mass is 550 g/mol. The third kappa shape index (κ3) is 10.4. The van der Waals surface area contributed by atoms with Crippen LogP contribution in [0, 0.1) is 0 Å². The Balaban J connectivity index is 1.58. The minimum absolute atomic E-state index is 0.0933. The number of carbonyl (C=O) groups is 3. The van der Waals surface area contributed by atoms with Gasteiger partial charge in [-0.05, 0) is 23.8 Å². The number of rotatable bonds is 16. The van der Waals surface area contributed by atoms with Crippen molar-refractivity contribution in [1.29, 1.82) is 0 Å². The zero-order chi connectivity index (χ0) is 28.7. The Morgan fingerprint density at radius 2 is 1.70 bits per heavy atom. The van der Waals surface area contributed by atoms with Gasteiger partial charge < -0.3 is 30.9 Å². The van der Waals surface area contributed by atoms with Crippen molar-refractivity contribution in [2.45, 2.75) is 12.6 Å². The molecule has 1 aromatic carbocycles. The standard InChI is InChI=1S/C28H34N6O6/c29-25(37)17-33(13-14-40-27-11-6-10-24(32-27)23-9-4-5-12-30-23)19-28(39)34(16-22(36)20-35)18-26(38)31-15-21-7-2-1-3-8-21/h1-12,22,35-36H,13-20H2,(H2,29,37)(H,31,38). The van der Waals surface area contributed by atoms with Crippen LogP contribution in [0.3, 0.4) is 0 Å². The molecule has 5 N–H and O–H groups in total. The molecule has 0 fully saturated rings. The van der Waals surface area contributed by atoms with Gasteiger partial charge in [-0.1, -0.05) is 42.5 Å². The zero-order valence-electron chi connectivity index (χ0n) is 22.1. The topological polar surface area (TPSA) is 171 Å². The summed E-state index contributed by atoms with van der Waals surface area (Å²) in [4.78, 5) is 48.7. The molecular formula is C28H34N6O6. The maximum absolute atomic E-state index is 13.1. The zero-order valence-corrected chi connectivity index (χ0v) is 22.1. The highest BCUT2D eigenvalue weighted by atomic mass is 16.5. The van der Waals surface area contributed by atoms with Gasteiger partial charge in [-0.3, -0.25) is 24.3 Å². The molecule has 212 valence electrons. The smallest absolute Gasteiger partial charge is 0.239 e. The molecular weight excluding hydrogens is 516 g/mol. The SMILES string of the molecule is NC(=O)CN(CCOc1cccc(-c2ccccn2)n1)CC(=O)N(CC(=O)NCc1ccccc1)CC(O)CO. The lowest BCUT2D eigenvalue weighted by atomic mass is 10.2. The van der Waals surface area contributed by atoms with Gasteiger partial charge in [0.05, 0.1) is 43.7 Å². The normalized spacial score (nSPS) is 11.6. The number of primary amides is 1. The lowest BCUT2D eigenvalue weighted by Crippen LogP contribution is -2.49. The first kappa shape index (κ1) is 30.2. The van der Waals surface area contributed by atoms with Crippen LogP contribution in [0.15, 0.2) is 72.9 Å². The quantitative estimate of drug-likeness (QED) is 0.189. The molecule has 1 unspecified atom stereocenters. The van der Waals surface area contributed by atoms with Crippen LogP contribution >= 0.6 is 0 Å². The largest absolute Gasteiger partial charge is 0.476 e. The van der Waals surface area contributed by atoms with Gasteiger partial charge in [-0.2, -0.15) is 0 Å². The Hall–Kier alpha value is -4.39. The number of amides is 3. The molecule has 0 bridgehead atoms. The lowest BCUT2D eigenvalue weighted by Gasteiger charge is -2.27. The van der Waals surface area contributed by atoms with Crippen molar-refractivity contribution in [1.82, 2.24) is 25.1 Å². The predicted octanol–water partition coefficient (Wildman–Crippen LogP) is -0.192. The number of aliphatic hydroxyl groups excluding tert-OH is 2. The number of ether oxygens (including phenoxy) is 1. The van der Waals surface area contributed by atoms with Gasteiger partial charge in [0, 0.05) is 31.9 Å². The highest BCUT2D eigenvalue weighted by molar-refractivity contribution is 5.86. The Labute approximate surface area is 232 Å². The summed E-state index contributed by atoms with van der Waals surface area (Å²) in [6, 6.07) is 20.0. The van der Waals surface area contributed by atoms with Gasteiger partial charge >= 0.3 is 0 Å². The minimum atomic E-state index is -1.24. The number of nitrogens with one attached hydrogen (secondary N) is 1. The number of carbonyl (C=O) groups excluding carboxylic acids is 3. The molecule has 0 saturated carbocycles. The summed E-state index contributed by atoms with van der Waals surface area (Å²) in [5.74, 6) is -1.27. The van der Waals surface area contributed by atoms with Crippen molar-refractivity contribution in [2.75, 3.05) is 45.9 Å². The van der Waals surface area contributed by atoms with E-state index in [9.17, 15) is 24.6 Å². The molecule has 0 saturated heterocycles. The second kappa shape index (κ2) is 15.9. The number of hydrogen-bond acceptors (Lipinski definition) is 9. The van der Waals surface area contributed by atoms with Gasteiger partial charge in [-0.15, -0.1) is 0 Å². The fraction of sp³-hybridized carbons (Fsp3) is 0.321. The maximum Gasteiger partial charge on any atom is 0.239 e. The lowest BCUT2D eigenvalue weighted by molar-refractivity contribution is -0.139. The molecule has 2 heterocycles. The van der Waals surface area contributed by atoms with E-state index in [-0.39, 0.29) is 45.9 Å². The van der Waals surface area contributed by atoms with Crippen LogP contribution < -0.4 is 15.8 Å². The minimum Gasteiger partial charge on any atom is -0.476 e. The molecule has 0 aliphatic rings. The van der Waals surface area contributed by atoms with Crippen LogP contribution in [0.4, 0.5) is 0 Å². The fourth-order valence-corrected chi connectivity index (χ4v) is 3.75. The summed E-state index contributed by atoms with van der Waals surface area (Å²) in [7, 11) is 0.